The van der Waals surface area contributed by atoms with Gasteiger partial charge in [0.25, 0.3) is 0 Å². The van der Waals surface area contributed by atoms with Crippen LogP contribution in [0.4, 0.5) is 0 Å². The van der Waals surface area contributed by atoms with Gasteiger partial charge in [0.05, 0.1) is 19.3 Å². The van der Waals surface area contributed by atoms with Crippen molar-refractivity contribution in [1.82, 2.24) is 0 Å². The molecule has 32 heavy (non-hydrogen) atoms. The molecule has 0 saturated heterocycles. The summed E-state index contributed by atoms with van der Waals surface area (Å²) in [6.07, 6.45) is 5.09. The van der Waals surface area contributed by atoms with Gasteiger partial charge in [0.15, 0.2) is 0 Å². The van der Waals surface area contributed by atoms with Crippen LogP contribution in [0, 0.1) is 0 Å². The summed E-state index contributed by atoms with van der Waals surface area (Å²) < 4.78 is 24.1. The first-order valence-corrected chi connectivity index (χ1v) is 11.0. The Morgan fingerprint density at radius 3 is 2.69 bits per heavy atom. The average Bonchev–Trinajstić information content (AvgIpc) is 2.82. The first-order chi connectivity index (χ1) is 15.5. The van der Waals surface area contributed by atoms with Crippen molar-refractivity contribution in [2.24, 2.45) is 0 Å². The molecule has 1 atom stereocenters. The highest BCUT2D eigenvalue weighted by molar-refractivity contribution is 5.69. The molecule has 0 aliphatic carbocycles. The Morgan fingerprint density at radius 2 is 1.88 bits per heavy atom. The van der Waals surface area contributed by atoms with E-state index in [1.807, 2.05) is 30.3 Å². The second-order valence-electron chi connectivity index (χ2n) is 8.89. The van der Waals surface area contributed by atoms with Gasteiger partial charge in [0.2, 0.25) is 0 Å². The maximum absolute atomic E-state index is 6.31. The van der Waals surface area contributed by atoms with Gasteiger partial charge in [-0.15, -0.1) is 0 Å². The Labute approximate surface area is 189 Å². The van der Waals surface area contributed by atoms with Crippen molar-refractivity contribution in [3.8, 4) is 23.0 Å². The van der Waals surface area contributed by atoms with Gasteiger partial charge in [-0.3, -0.25) is 0 Å². The fourth-order valence-electron chi connectivity index (χ4n) is 4.35. The van der Waals surface area contributed by atoms with E-state index in [0.29, 0.717) is 13.2 Å². The van der Waals surface area contributed by atoms with Crippen LogP contribution in [0.25, 0.3) is 6.08 Å². The Balaban J connectivity index is 1.41. The van der Waals surface area contributed by atoms with E-state index in [1.54, 1.807) is 7.11 Å². The highest BCUT2D eigenvalue weighted by Gasteiger charge is 2.30. The predicted molar refractivity (Wildman–Crippen MR) is 126 cm³/mol. The molecule has 4 nitrogen and oxygen atoms in total. The lowest BCUT2D eigenvalue weighted by molar-refractivity contribution is 0.157. The second-order valence-corrected chi connectivity index (χ2v) is 8.89. The van der Waals surface area contributed by atoms with E-state index in [1.165, 1.54) is 5.56 Å². The lowest BCUT2D eigenvalue weighted by Gasteiger charge is -2.32. The first kappa shape index (κ1) is 20.5. The molecule has 0 radical (unpaired) electrons. The molecular formula is C28H28O4. The summed E-state index contributed by atoms with van der Waals surface area (Å²) in [5, 5.41) is 0. The van der Waals surface area contributed by atoms with E-state index < -0.39 is 0 Å². The SMILES string of the molecule is COc1ccc(C2COc3c(ccc4c3C=CC(C)(C)O4)C2)c(OCc2ccccc2)c1. The minimum atomic E-state index is -0.299. The Morgan fingerprint density at radius 1 is 1.03 bits per heavy atom. The van der Waals surface area contributed by atoms with Crippen molar-refractivity contribution in [2.75, 3.05) is 13.7 Å². The van der Waals surface area contributed by atoms with Gasteiger partial charge in [-0.2, -0.15) is 0 Å². The lowest BCUT2D eigenvalue weighted by atomic mass is 9.88. The molecule has 3 aromatic carbocycles. The van der Waals surface area contributed by atoms with Crippen LogP contribution in [0.15, 0.2) is 66.7 Å². The number of ether oxygens (including phenoxy) is 4. The molecule has 1 unspecified atom stereocenters. The van der Waals surface area contributed by atoms with E-state index in [4.69, 9.17) is 18.9 Å². The van der Waals surface area contributed by atoms with Crippen molar-refractivity contribution >= 4 is 6.08 Å². The third kappa shape index (κ3) is 4.05. The largest absolute Gasteiger partial charge is 0.497 e. The monoisotopic (exact) mass is 428 g/mol. The van der Waals surface area contributed by atoms with Crippen molar-refractivity contribution in [2.45, 2.75) is 38.4 Å². The van der Waals surface area contributed by atoms with Gasteiger partial charge in [-0.05, 0) is 55.7 Å². The van der Waals surface area contributed by atoms with Gasteiger partial charge < -0.3 is 18.9 Å². The molecule has 0 saturated carbocycles. The van der Waals surface area contributed by atoms with E-state index in [9.17, 15) is 0 Å². The van der Waals surface area contributed by atoms with Crippen LogP contribution in [-0.4, -0.2) is 19.3 Å². The highest BCUT2D eigenvalue weighted by atomic mass is 16.5. The summed E-state index contributed by atoms with van der Waals surface area (Å²) >= 11 is 0. The third-order valence-electron chi connectivity index (χ3n) is 6.05. The average molecular weight is 429 g/mol. The van der Waals surface area contributed by atoms with Gasteiger partial charge in [-0.25, -0.2) is 0 Å². The predicted octanol–water partition coefficient (Wildman–Crippen LogP) is 6.18. The minimum absolute atomic E-state index is 0.196. The highest BCUT2D eigenvalue weighted by Crippen LogP contribution is 2.44. The van der Waals surface area contributed by atoms with Crippen LogP contribution in [-0.2, 0) is 13.0 Å². The van der Waals surface area contributed by atoms with Crippen molar-refractivity contribution in [1.29, 1.82) is 0 Å². The van der Waals surface area contributed by atoms with Gasteiger partial charge in [0.1, 0.15) is 35.2 Å². The van der Waals surface area contributed by atoms with Crippen LogP contribution in [0.3, 0.4) is 0 Å². The van der Waals surface area contributed by atoms with Crippen LogP contribution in [0.5, 0.6) is 23.0 Å². The van der Waals surface area contributed by atoms with Crippen LogP contribution in [0.1, 0.15) is 42.0 Å². The fourth-order valence-corrected chi connectivity index (χ4v) is 4.35. The maximum atomic E-state index is 6.31. The number of hydrogen-bond donors (Lipinski definition) is 0. The molecule has 0 spiro atoms. The summed E-state index contributed by atoms with van der Waals surface area (Å²) in [5.41, 5.74) is 4.20. The zero-order valence-electron chi connectivity index (χ0n) is 18.8. The zero-order chi connectivity index (χ0) is 22.1. The summed E-state index contributed by atoms with van der Waals surface area (Å²) in [6, 6.07) is 20.5. The normalized spacial score (nSPS) is 18.0. The van der Waals surface area contributed by atoms with Gasteiger partial charge in [0, 0.05) is 17.5 Å². The van der Waals surface area contributed by atoms with E-state index in [0.717, 1.165) is 46.1 Å². The van der Waals surface area contributed by atoms with E-state index in [-0.39, 0.29) is 11.5 Å². The van der Waals surface area contributed by atoms with Gasteiger partial charge in [-0.1, -0.05) is 42.5 Å². The molecular weight excluding hydrogens is 400 g/mol. The van der Waals surface area contributed by atoms with Crippen LogP contribution >= 0.6 is 0 Å². The Kier molecular flexibility index (Phi) is 5.30. The molecule has 2 aliphatic rings. The molecule has 0 bridgehead atoms. The molecule has 0 fully saturated rings. The quantitative estimate of drug-likeness (QED) is 0.486. The summed E-state index contributed by atoms with van der Waals surface area (Å²) in [6.45, 7) is 5.22. The summed E-state index contributed by atoms with van der Waals surface area (Å²) in [5.74, 6) is 3.64. The number of rotatable bonds is 5. The number of benzene rings is 3. The van der Waals surface area contributed by atoms with Crippen LogP contribution in [0.2, 0.25) is 0 Å². The fraction of sp³-hybridized carbons (Fsp3) is 0.286. The number of hydrogen-bond acceptors (Lipinski definition) is 4. The standard InChI is InChI=1S/C28H28O4/c1-28(2)14-13-24-25(32-28)12-9-20-15-21(18-31-27(20)24)23-11-10-22(29-3)16-26(23)30-17-19-7-5-4-6-8-19/h4-14,16,21H,15,17-18H2,1-3H3. The lowest BCUT2D eigenvalue weighted by Crippen LogP contribution is -2.28. The van der Waals surface area contributed by atoms with Crippen molar-refractivity contribution in [3.63, 3.8) is 0 Å². The molecule has 0 N–H and O–H groups in total. The first-order valence-electron chi connectivity index (χ1n) is 11.0. The van der Waals surface area contributed by atoms with Crippen molar-refractivity contribution in [3.05, 3.63) is 89.0 Å². The van der Waals surface area contributed by atoms with Crippen LogP contribution < -0.4 is 18.9 Å². The molecule has 2 aliphatic heterocycles. The topological polar surface area (TPSA) is 36.9 Å². The molecule has 2 heterocycles. The number of fused-ring (bicyclic) bond motifs is 3. The summed E-state index contributed by atoms with van der Waals surface area (Å²) in [4.78, 5) is 0. The molecule has 0 aromatic heterocycles. The number of methoxy groups -OCH3 is 1. The Bertz CT molecular complexity index is 1150. The molecule has 164 valence electrons. The maximum Gasteiger partial charge on any atom is 0.133 e. The second kappa shape index (κ2) is 8.27. The van der Waals surface area contributed by atoms with Gasteiger partial charge >= 0.3 is 0 Å². The smallest absolute Gasteiger partial charge is 0.133 e. The van der Waals surface area contributed by atoms with E-state index in [2.05, 4.69) is 56.3 Å². The Hall–Kier alpha value is -3.40. The summed E-state index contributed by atoms with van der Waals surface area (Å²) in [7, 11) is 1.68. The third-order valence-corrected chi connectivity index (χ3v) is 6.05. The minimum Gasteiger partial charge on any atom is -0.497 e. The molecule has 0 amide bonds. The molecule has 4 heteroatoms. The zero-order valence-corrected chi connectivity index (χ0v) is 18.8. The van der Waals surface area contributed by atoms with Crippen molar-refractivity contribution < 1.29 is 18.9 Å². The molecule has 3 aromatic rings. The molecule has 5 rings (SSSR count). The van der Waals surface area contributed by atoms with E-state index >= 15 is 0 Å².